The lowest BCUT2D eigenvalue weighted by Crippen LogP contribution is -2.10. The molecule has 0 aliphatic heterocycles. The highest BCUT2D eigenvalue weighted by Crippen LogP contribution is 2.20. The van der Waals surface area contributed by atoms with Crippen LogP contribution in [0.5, 0.6) is 0 Å². The summed E-state index contributed by atoms with van der Waals surface area (Å²) in [7, 11) is 4.14. The minimum absolute atomic E-state index is 0.740. The standard InChI is InChI=1S/C15H17ClN2/c1-18(2)11-12-6-8-14(9-7-12)17-15-5-3-4-13(16)10-15/h3-10,17H,11H2,1-2H3. The molecular weight excluding hydrogens is 244 g/mol. The van der Waals surface area contributed by atoms with Crippen LogP contribution < -0.4 is 5.32 Å². The number of nitrogens with zero attached hydrogens (tertiary/aromatic N) is 1. The second-order valence-electron chi connectivity index (χ2n) is 4.57. The van der Waals surface area contributed by atoms with Crippen LogP contribution in [-0.4, -0.2) is 19.0 Å². The Morgan fingerprint density at radius 1 is 1.00 bits per heavy atom. The monoisotopic (exact) mass is 260 g/mol. The highest BCUT2D eigenvalue weighted by Gasteiger charge is 1.98. The van der Waals surface area contributed by atoms with Gasteiger partial charge in [0, 0.05) is 22.9 Å². The molecule has 0 aliphatic carbocycles. The third kappa shape index (κ3) is 3.76. The Labute approximate surface area is 113 Å². The number of hydrogen-bond acceptors (Lipinski definition) is 2. The van der Waals surface area contributed by atoms with E-state index in [-0.39, 0.29) is 0 Å². The zero-order chi connectivity index (χ0) is 13.0. The highest BCUT2D eigenvalue weighted by molar-refractivity contribution is 6.30. The highest BCUT2D eigenvalue weighted by atomic mass is 35.5. The van der Waals surface area contributed by atoms with Crippen LogP contribution in [0.25, 0.3) is 0 Å². The lowest BCUT2D eigenvalue weighted by atomic mass is 10.2. The molecule has 3 heteroatoms. The lowest BCUT2D eigenvalue weighted by molar-refractivity contribution is 0.402. The summed E-state index contributed by atoms with van der Waals surface area (Å²) in [6, 6.07) is 16.1. The fourth-order valence-electron chi connectivity index (χ4n) is 1.79. The van der Waals surface area contributed by atoms with E-state index >= 15 is 0 Å². The van der Waals surface area contributed by atoms with Crippen molar-refractivity contribution in [3.63, 3.8) is 0 Å². The summed E-state index contributed by atoms with van der Waals surface area (Å²) in [5.74, 6) is 0. The molecule has 0 atom stereocenters. The van der Waals surface area contributed by atoms with E-state index in [1.165, 1.54) is 5.56 Å². The van der Waals surface area contributed by atoms with E-state index in [4.69, 9.17) is 11.6 Å². The molecule has 18 heavy (non-hydrogen) atoms. The topological polar surface area (TPSA) is 15.3 Å². The number of benzene rings is 2. The van der Waals surface area contributed by atoms with E-state index in [1.54, 1.807) is 0 Å². The second kappa shape index (κ2) is 5.89. The van der Waals surface area contributed by atoms with Gasteiger partial charge in [-0.3, -0.25) is 0 Å². The molecule has 2 rings (SSSR count). The van der Waals surface area contributed by atoms with Crippen molar-refractivity contribution in [2.75, 3.05) is 19.4 Å². The number of halogens is 1. The largest absolute Gasteiger partial charge is 0.355 e. The number of nitrogens with one attached hydrogen (secondary N) is 1. The van der Waals surface area contributed by atoms with Crippen LogP contribution in [0.2, 0.25) is 5.02 Å². The van der Waals surface area contributed by atoms with Gasteiger partial charge in [-0.05, 0) is 50.0 Å². The van der Waals surface area contributed by atoms with Crippen LogP contribution in [-0.2, 0) is 6.54 Å². The van der Waals surface area contributed by atoms with Gasteiger partial charge in [0.1, 0.15) is 0 Å². The molecule has 0 saturated heterocycles. The van der Waals surface area contributed by atoms with Crippen molar-refractivity contribution >= 4 is 23.0 Å². The fraction of sp³-hybridized carbons (Fsp3) is 0.200. The third-order valence-corrected chi connectivity index (χ3v) is 2.80. The van der Waals surface area contributed by atoms with E-state index in [0.717, 1.165) is 22.9 Å². The number of rotatable bonds is 4. The Kier molecular flexibility index (Phi) is 4.24. The molecule has 2 aromatic carbocycles. The molecule has 0 bridgehead atoms. The minimum Gasteiger partial charge on any atom is -0.355 e. The van der Waals surface area contributed by atoms with Gasteiger partial charge in [-0.1, -0.05) is 29.8 Å². The molecule has 0 fully saturated rings. The van der Waals surface area contributed by atoms with Gasteiger partial charge in [0.05, 0.1) is 0 Å². The molecule has 0 unspecified atom stereocenters. The zero-order valence-corrected chi connectivity index (χ0v) is 11.4. The molecule has 0 radical (unpaired) electrons. The van der Waals surface area contributed by atoms with Gasteiger partial charge in [0.2, 0.25) is 0 Å². The first kappa shape index (κ1) is 12.9. The summed E-state index contributed by atoms with van der Waals surface area (Å²) in [6.07, 6.45) is 0. The van der Waals surface area contributed by atoms with Gasteiger partial charge >= 0.3 is 0 Å². The van der Waals surface area contributed by atoms with Gasteiger partial charge < -0.3 is 10.2 Å². The molecule has 94 valence electrons. The summed E-state index contributed by atoms with van der Waals surface area (Å²) in [5, 5.41) is 4.07. The number of hydrogen-bond donors (Lipinski definition) is 1. The third-order valence-electron chi connectivity index (χ3n) is 2.57. The lowest BCUT2D eigenvalue weighted by Gasteiger charge is -2.11. The van der Waals surface area contributed by atoms with Crippen molar-refractivity contribution in [2.45, 2.75) is 6.54 Å². The first-order valence-corrected chi connectivity index (χ1v) is 6.27. The van der Waals surface area contributed by atoms with Gasteiger partial charge in [-0.15, -0.1) is 0 Å². The van der Waals surface area contributed by atoms with E-state index in [9.17, 15) is 0 Å². The van der Waals surface area contributed by atoms with Crippen LogP contribution in [0.15, 0.2) is 48.5 Å². The minimum atomic E-state index is 0.740. The molecule has 0 aromatic heterocycles. The Balaban J connectivity index is 2.06. The van der Waals surface area contributed by atoms with Crippen LogP contribution in [0.1, 0.15) is 5.56 Å². The molecule has 0 saturated carbocycles. The number of anilines is 2. The summed E-state index contributed by atoms with van der Waals surface area (Å²) in [5.41, 5.74) is 3.37. The van der Waals surface area contributed by atoms with E-state index in [2.05, 4.69) is 48.6 Å². The van der Waals surface area contributed by atoms with Crippen molar-refractivity contribution < 1.29 is 0 Å². The summed E-state index contributed by atoms with van der Waals surface area (Å²) in [4.78, 5) is 2.15. The predicted octanol–water partition coefficient (Wildman–Crippen LogP) is 4.15. The van der Waals surface area contributed by atoms with Crippen LogP contribution in [0, 0.1) is 0 Å². The average Bonchev–Trinajstić information content (AvgIpc) is 2.31. The Morgan fingerprint density at radius 2 is 1.72 bits per heavy atom. The van der Waals surface area contributed by atoms with Gasteiger partial charge in [-0.2, -0.15) is 0 Å². The van der Waals surface area contributed by atoms with Crippen molar-refractivity contribution in [3.05, 3.63) is 59.1 Å². The average molecular weight is 261 g/mol. The second-order valence-corrected chi connectivity index (χ2v) is 5.01. The smallest absolute Gasteiger partial charge is 0.0426 e. The molecule has 0 spiro atoms. The molecule has 2 nitrogen and oxygen atoms in total. The van der Waals surface area contributed by atoms with E-state index < -0.39 is 0 Å². The fourth-order valence-corrected chi connectivity index (χ4v) is 1.98. The van der Waals surface area contributed by atoms with Gasteiger partial charge in [-0.25, -0.2) is 0 Å². The SMILES string of the molecule is CN(C)Cc1ccc(Nc2cccc(Cl)c2)cc1. The van der Waals surface area contributed by atoms with Crippen molar-refractivity contribution in [1.29, 1.82) is 0 Å². The van der Waals surface area contributed by atoms with Gasteiger partial charge in [0.15, 0.2) is 0 Å². The maximum atomic E-state index is 5.95. The normalized spacial score (nSPS) is 10.7. The zero-order valence-electron chi connectivity index (χ0n) is 10.7. The summed E-state index contributed by atoms with van der Waals surface area (Å²) >= 11 is 5.95. The molecule has 0 amide bonds. The van der Waals surface area contributed by atoms with Crippen molar-refractivity contribution in [1.82, 2.24) is 4.90 Å². The quantitative estimate of drug-likeness (QED) is 0.889. The van der Waals surface area contributed by atoms with Crippen LogP contribution in [0.4, 0.5) is 11.4 Å². The predicted molar refractivity (Wildman–Crippen MR) is 78.6 cm³/mol. The first-order valence-electron chi connectivity index (χ1n) is 5.90. The molecule has 2 aromatic rings. The Hall–Kier alpha value is -1.51. The molecule has 1 N–H and O–H groups in total. The molecular formula is C15H17ClN2. The van der Waals surface area contributed by atoms with Gasteiger partial charge in [0.25, 0.3) is 0 Å². The van der Waals surface area contributed by atoms with Crippen LogP contribution in [0.3, 0.4) is 0 Å². The maximum absolute atomic E-state index is 5.95. The van der Waals surface area contributed by atoms with Crippen molar-refractivity contribution in [3.8, 4) is 0 Å². The maximum Gasteiger partial charge on any atom is 0.0426 e. The summed E-state index contributed by atoms with van der Waals surface area (Å²) < 4.78 is 0. The van der Waals surface area contributed by atoms with Crippen LogP contribution >= 0.6 is 11.6 Å². The first-order chi connectivity index (χ1) is 8.63. The molecule has 0 heterocycles. The Morgan fingerprint density at radius 3 is 2.33 bits per heavy atom. The van der Waals surface area contributed by atoms with Crippen molar-refractivity contribution in [2.24, 2.45) is 0 Å². The van der Waals surface area contributed by atoms with E-state index in [1.807, 2.05) is 24.3 Å². The Bertz CT molecular complexity index is 506. The van der Waals surface area contributed by atoms with E-state index in [0.29, 0.717) is 0 Å². The summed E-state index contributed by atoms with van der Waals surface area (Å²) in [6.45, 7) is 0.956. The molecule has 0 aliphatic rings.